The maximum absolute atomic E-state index is 5.74. The minimum atomic E-state index is 0.515. The van der Waals surface area contributed by atoms with Gasteiger partial charge >= 0.3 is 0 Å². The van der Waals surface area contributed by atoms with Crippen LogP contribution in [0.4, 0.5) is 0 Å². The summed E-state index contributed by atoms with van der Waals surface area (Å²) in [6, 6.07) is 2.97. The SMILES string of the molecule is CNC(CCC1CCCO1)c1cc2c(s1)CCSC2. The quantitative estimate of drug-likeness (QED) is 0.894. The van der Waals surface area contributed by atoms with Crippen LogP contribution < -0.4 is 5.32 Å². The first-order chi connectivity index (χ1) is 9.36. The van der Waals surface area contributed by atoms with Crippen molar-refractivity contribution in [1.82, 2.24) is 5.32 Å². The molecule has 2 nitrogen and oxygen atoms in total. The number of hydrogen-bond acceptors (Lipinski definition) is 4. The summed E-state index contributed by atoms with van der Waals surface area (Å²) in [6.45, 7) is 0.972. The maximum Gasteiger partial charge on any atom is 0.0576 e. The van der Waals surface area contributed by atoms with E-state index in [9.17, 15) is 0 Å². The van der Waals surface area contributed by atoms with Crippen molar-refractivity contribution in [3.63, 3.8) is 0 Å². The van der Waals surface area contributed by atoms with Gasteiger partial charge in [0.2, 0.25) is 0 Å². The summed E-state index contributed by atoms with van der Waals surface area (Å²) < 4.78 is 5.74. The summed E-state index contributed by atoms with van der Waals surface area (Å²) in [7, 11) is 2.09. The van der Waals surface area contributed by atoms with Gasteiger partial charge in [-0.2, -0.15) is 11.8 Å². The largest absolute Gasteiger partial charge is 0.378 e. The topological polar surface area (TPSA) is 21.3 Å². The van der Waals surface area contributed by atoms with Gasteiger partial charge in [-0.3, -0.25) is 0 Å². The molecule has 3 rings (SSSR count). The van der Waals surface area contributed by atoms with E-state index in [1.54, 1.807) is 10.4 Å². The van der Waals surface area contributed by atoms with Crippen molar-refractivity contribution in [2.75, 3.05) is 19.4 Å². The van der Waals surface area contributed by atoms with Gasteiger partial charge in [-0.25, -0.2) is 0 Å². The van der Waals surface area contributed by atoms with Crippen LogP contribution in [0.3, 0.4) is 0 Å². The summed E-state index contributed by atoms with van der Waals surface area (Å²) in [5, 5.41) is 3.50. The van der Waals surface area contributed by atoms with Crippen LogP contribution in [0.2, 0.25) is 0 Å². The van der Waals surface area contributed by atoms with Crippen LogP contribution in [0.5, 0.6) is 0 Å². The van der Waals surface area contributed by atoms with Gasteiger partial charge in [0.25, 0.3) is 0 Å². The molecule has 0 saturated carbocycles. The standard InChI is InChI=1S/C15H23NOS2/c1-16-13(5-4-12-3-2-7-17-12)15-9-11-10-18-8-6-14(11)19-15/h9,12-13,16H,2-8,10H2,1H3. The normalized spacial score (nSPS) is 24.4. The minimum absolute atomic E-state index is 0.515. The van der Waals surface area contributed by atoms with Crippen LogP contribution in [0, 0.1) is 0 Å². The molecule has 1 N–H and O–H groups in total. The van der Waals surface area contributed by atoms with Gasteiger partial charge in [-0.05, 0) is 56.5 Å². The summed E-state index contributed by atoms with van der Waals surface area (Å²) in [4.78, 5) is 3.17. The lowest BCUT2D eigenvalue weighted by molar-refractivity contribution is 0.0999. The molecule has 0 aliphatic carbocycles. The molecule has 0 aromatic carbocycles. The van der Waals surface area contributed by atoms with Crippen molar-refractivity contribution in [3.8, 4) is 0 Å². The molecule has 0 radical (unpaired) electrons. The lowest BCUT2D eigenvalue weighted by atomic mass is 10.0. The fourth-order valence-electron chi connectivity index (χ4n) is 3.00. The zero-order valence-corrected chi connectivity index (χ0v) is 13.2. The fourth-order valence-corrected chi connectivity index (χ4v) is 5.52. The van der Waals surface area contributed by atoms with Gasteiger partial charge in [0, 0.05) is 28.2 Å². The number of fused-ring (bicyclic) bond motifs is 1. The molecule has 19 heavy (non-hydrogen) atoms. The Morgan fingerprint density at radius 1 is 1.53 bits per heavy atom. The number of rotatable bonds is 5. The Kier molecular flexibility index (Phi) is 4.85. The van der Waals surface area contributed by atoms with Crippen LogP contribution in [-0.4, -0.2) is 25.5 Å². The van der Waals surface area contributed by atoms with Crippen molar-refractivity contribution in [3.05, 3.63) is 21.4 Å². The van der Waals surface area contributed by atoms with E-state index in [1.165, 1.54) is 48.5 Å². The molecule has 2 aliphatic rings. The highest BCUT2D eigenvalue weighted by atomic mass is 32.2. The molecule has 0 amide bonds. The van der Waals surface area contributed by atoms with E-state index >= 15 is 0 Å². The predicted octanol–water partition coefficient (Wildman–Crippen LogP) is 3.76. The number of hydrogen-bond donors (Lipinski definition) is 1. The lowest BCUT2D eigenvalue weighted by Gasteiger charge is -2.17. The van der Waals surface area contributed by atoms with Crippen LogP contribution >= 0.6 is 23.1 Å². The van der Waals surface area contributed by atoms with Crippen LogP contribution in [-0.2, 0) is 16.9 Å². The van der Waals surface area contributed by atoms with Crippen molar-refractivity contribution in [1.29, 1.82) is 0 Å². The molecule has 2 aliphatic heterocycles. The van der Waals surface area contributed by atoms with E-state index in [0.717, 1.165) is 6.61 Å². The van der Waals surface area contributed by atoms with Crippen LogP contribution in [0.1, 0.15) is 47.0 Å². The van der Waals surface area contributed by atoms with E-state index < -0.39 is 0 Å². The van der Waals surface area contributed by atoms with Crippen molar-refractivity contribution in [2.24, 2.45) is 0 Å². The second-order valence-electron chi connectivity index (χ2n) is 5.45. The molecular formula is C15H23NOS2. The number of aryl methyl sites for hydroxylation is 1. The van der Waals surface area contributed by atoms with Crippen molar-refractivity contribution < 1.29 is 4.74 Å². The molecule has 1 aromatic rings. The number of thioether (sulfide) groups is 1. The van der Waals surface area contributed by atoms with Gasteiger partial charge in [0.15, 0.2) is 0 Å². The van der Waals surface area contributed by atoms with Crippen molar-refractivity contribution in [2.45, 2.75) is 50.0 Å². The van der Waals surface area contributed by atoms with Gasteiger partial charge < -0.3 is 10.1 Å². The molecule has 4 heteroatoms. The third kappa shape index (κ3) is 3.35. The third-order valence-electron chi connectivity index (χ3n) is 4.14. The van der Waals surface area contributed by atoms with Gasteiger partial charge in [-0.1, -0.05) is 0 Å². The highest BCUT2D eigenvalue weighted by Crippen LogP contribution is 2.36. The Labute approximate surface area is 124 Å². The Morgan fingerprint density at radius 3 is 3.21 bits per heavy atom. The first-order valence-corrected chi connectivity index (χ1v) is 9.32. The molecule has 0 spiro atoms. The van der Waals surface area contributed by atoms with E-state index in [4.69, 9.17) is 4.74 Å². The van der Waals surface area contributed by atoms with Gasteiger partial charge in [0.05, 0.1) is 6.10 Å². The molecule has 2 unspecified atom stereocenters. The molecule has 1 saturated heterocycles. The number of nitrogens with one attached hydrogen (secondary N) is 1. The zero-order valence-electron chi connectivity index (χ0n) is 11.6. The van der Waals surface area contributed by atoms with Gasteiger partial charge in [-0.15, -0.1) is 11.3 Å². The second kappa shape index (κ2) is 6.61. The van der Waals surface area contributed by atoms with E-state index in [2.05, 4.69) is 30.2 Å². The summed E-state index contributed by atoms with van der Waals surface area (Å²) in [6.07, 6.45) is 6.69. The fraction of sp³-hybridized carbons (Fsp3) is 0.733. The van der Waals surface area contributed by atoms with E-state index in [0.29, 0.717) is 12.1 Å². The molecule has 106 valence electrons. The molecular weight excluding hydrogens is 274 g/mol. The average molecular weight is 297 g/mol. The Morgan fingerprint density at radius 2 is 2.47 bits per heavy atom. The van der Waals surface area contributed by atoms with Gasteiger partial charge in [0.1, 0.15) is 0 Å². The molecule has 3 heterocycles. The molecule has 1 aromatic heterocycles. The number of thiophene rings is 1. The van der Waals surface area contributed by atoms with E-state index in [-0.39, 0.29) is 0 Å². The van der Waals surface area contributed by atoms with Crippen molar-refractivity contribution >= 4 is 23.1 Å². The number of ether oxygens (including phenoxy) is 1. The summed E-state index contributed by atoms with van der Waals surface area (Å²) in [5.74, 6) is 2.51. The lowest BCUT2D eigenvalue weighted by Crippen LogP contribution is -2.17. The average Bonchev–Trinajstić information content (AvgIpc) is 3.08. The van der Waals surface area contributed by atoms with Crippen LogP contribution in [0.15, 0.2) is 6.07 Å². The molecule has 1 fully saturated rings. The Bertz CT molecular complexity index is 389. The third-order valence-corrected chi connectivity index (χ3v) is 6.50. The summed E-state index contributed by atoms with van der Waals surface area (Å²) >= 11 is 4.10. The smallest absolute Gasteiger partial charge is 0.0576 e. The summed E-state index contributed by atoms with van der Waals surface area (Å²) in [5.41, 5.74) is 1.59. The minimum Gasteiger partial charge on any atom is -0.378 e. The first-order valence-electron chi connectivity index (χ1n) is 7.35. The molecule has 0 bridgehead atoms. The second-order valence-corrected chi connectivity index (χ2v) is 7.73. The first kappa shape index (κ1) is 13.9. The highest BCUT2D eigenvalue weighted by molar-refractivity contribution is 7.98. The van der Waals surface area contributed by atoms with Crippen LogP contribution in [0.25, 0.3) is 0 Å². The maximum atomic E-state index is 5.74. The Balaban J connectivity index is 1.62. The predicted molar refractivity (Wildman–Crippen MR) is 84.2 cm³/mol. The Hall–Kier alpha value is -0.0300. The zero-order chi connectivity index (χ0) is 13.1. The van der Waals surface area contributed by atoms with E-state index in [1.807, 2.05) is 11.3 Å². The monoisotopic (exact) mass is 297 g/mol. The molecule has 2 atom stereocenters. The highest BCUT2D eigenvalue weighted by Gasteiger charge is 2.21.